The van der Waals surface area contributed by atoms with Gasteiger partial charge in [-0.1, -0.05) is 42.8 Å². The molecular weight excluding hydrogens is 424 g/mol. The van der Waals surface area contributed by atoms with E-state index in [-0.39, 0.29) is 18.1 Å². The van der Waals surface area contributed by atoms with Gasteiger partial charge < -0.3 is 19.3 Å². The lowest BCUT2D eigenvalue weighted by Crippen LogP contribution is -2.56. The van der Waals surface area contributed by atoms with Gasteiger partial charge in [0.15, 0.2) is 18.5 Å². The highest BCUT2D eigenvalue weighted by atomic mass is 32.2. The van der Waals surface area contributed by atoms with Crippen molar-refractivity contribution in [3.63, 3.8) is 0 Å². The van der Waals surface area contributed by atoms with Crippen molar-refractivity contribution >= 4 is 16.1 Å². The highest BCUT2D eigenvalue weighted by Crippen LogP contribution is 2.26. The Morgan fingerprint density at radius 3 is 2.45 bits per heavy atom. The van der Waals surface area contributed by atoms with Gasteiger partial charge in [0.25, 0.3) is 10.1 Å². The van der Waals surface area contributed by atoms with E-state index < -0.39 is 40.7 Å². The minimum Gasteiger partial charge on any atom is -0.453 e. The van der Waals surface area contributed by atoms with Crippen LogP contribution in [-0.4, -0.2) is 57.3 Å². The third-order valence-corrected chi connectivity index (χ3v) is 6.04. The van der Waals surface area contributed by atoms with Crippen molar-refractivity contribution < 1.29 is 36.7 Å². The Balaban J connectivity index is 1.79. The van der Waals surface area contributed by atoms with E-state index >= 15 is 0 Å². The molecule has 0 bridgehead atoms. The number of carbonyl (C=O) groups excluding carboxylic acids is 1. The molecule has 2 aromatic rings. The average Bonchev–Trinajstić information content (AvgIpc) is 2.76. The maximum atomic E-state index is 12.8. The van der Waals surface area contributed by atoms with Gasteiger partial charge in [-0.3, -0.25) is 4.18 Å². The molecule has 1 saturated heterocycles. The van der Waals surface area contributed by atoms with E-state index in [1.54, 1.807) is 42.5 Å². The molecule has 9 heteroatoms. The summed E-state index contributed by atoms with van der Waals surface area (Å²) < 4.78 is 47.3. The Hall–Kier alpha value is -2.30. The smallest absolute Gasteiger partial charge is 0.338 e. The summed E-state index contributed by atoms with van der Waals surface area (Å²) in [5.41, 5.74) is 1.18. The largest absolute Gasteiger partial charge is 0.453 e. The van der Waals surface area contributed by atoms with E-state index in [0.29, 0.717) is 12.0 Å². The van der Waals surface area contributed by atoms with Crippen LogP contribution in [0.3, 0.4) is 0 Å². The maximum absolute atomic E-state index is 12.8. The second-order valence-electron chi connectivity index (χ2n) is 7.20. The lowest BCUT2D eigenvalue weighted by atomic mass is 10.1. The number of ether oxygens (including phenoxy) is 3. The number of hydrogen-bond acceptors (Lipinski definition) is 8. The summed E-state index contributed by atoms with van der Waals surface area (Å²) in [4.78, 5) is 12.3. The fourth-order valence-corrected chi connectivity index (χ4v) is 4.10. The van der Waals surface area contributed by atoms with Crippen molar-refractivity contribution in [1.82, 2.24) is 0 Å². The van der Waals surface area contributed by atoms with Crippen molar-refractivity contribution in [2.45, 2.75) is 49.8 Å². The summed E-state index contributed by atoms with van der Waals surface area (Å²) in [6.45, 7) is 3.81. The van der Waals surface area contributed by atoms with E-state index in [1.807, 2.05) is 13.8 Å². The van der Waals surface area contributed by atoms with Crippen LogP contribution in [0, 0.1) is 6.92 Å². The average molecular weight is 451 g/mol. The molecule has 1 aliphatic rings. The molecule has 2 aromatic carbocycles. The zero-order chi connectivity index (χ0) is 22.4. The fraction of sp³-hybridized carbons (Fsp3) is 0.409. The first-order valence-electron chi connectivity index (χ1n) is 9.99. The molecular formula is C22H26O8S. The van der Waals surface area contributed by atoms with Gasteiger partial charge in [-0.25, -0.2) is 4.79 Å². The Morgan fingerprint density at radius 2 is 1.81 bits per heavy atom. The van der Waals surface area contributed by atoms with Gasteiger partial charge in [0.2, 0.25) is 0 Å². The highest BCUT2D eigenvalue weighted by molar-refractivity contribution is 7.86. The van der Waals surface area contributed by atoms with Crippen LogP contribution >= 0.6 is 0 Å². The third kappa shape index (κ3) is 5.90. The molecule has 0 aliphatic carbocycles. The molecule has 0 saturated carbocycles. The molecule has 0 aromatic heterocycles. The third-order valence-electron chi connectivity index (χ3n) is 4.71. The van der Waals surface area contributed by atoms with Gasteiger partial charge in [0, 0.05) is 6.61 Å². The summed E-state index contributed by atoms with van der Waals surface area (Å²) >= 11 is 0. The van der Waals surface area contributed by atoms with Crippen molar-refractivity contribution in [3.8, 4) is 0 Å². The summed E-state index contributed by atoms with van der Waals surface area (Å²) in [5, 5.41) is 10.8. The first kappa shape index (κ1) is 23.4. The summed E-state index contributed by atoms with van der Waals surface area (Å²) in [6, 6.07) is 14.4. The van der Waals surface area contributed by atoms with E-state index in [4.69, 9.17) is 18.4 Å². The first-order valence-corrected chi connectivity index (χ1v) is 11.4. The molecule has 1 fully saturated rings. The van der Waals surface area contributed by atoms with E-state index in [1.165, 1.54) is 12.1 Å². The van der Waals surface area contributed by atoms with Crippen molar-refractivity contribution in [3.05, 3.63) is 65.7 Å². The number of esters is 1. The molecule has 168 valence electrons. The minimum atomic E-state index is -4.23. The van der Waals surface area contributed by atoms with Crippen LogP contribution in [0.15, 0.2) is 59.5 Å². The van der Waals surface area contributed by atoms with Crippen LogP contribution in [0.5, 0.6) is 0 Å². The zero-order valence-electron chi connectivity index (χ0n) is 17.3. The van der Waals surface area contributed by atoms with Crippen molar-refractivity contribution in [2.75, 3.05) is 13.2 Å². The Labute approximate surface area is 181 Å². The van der Waals surface area contributed by atoms with Crippen molar-refractivity contribution in [1.29, 1.82) is 0 Å². The second kappa shape index (κ2) is 10.3. The van der Waals surface area contributed by atoms with Crippen LogP contribution in [0.1, 0.15) is 29.3 Å². The first-order chi connectivity index (χ1) is 14.8. The molecule has 1 heterocycles. The number of hydrogen-bond donors (Lipinski definition) is 1. The Morgan fingerprint density at radius 1 is 1.13 bits per heavy atom. The molecule has 3 rings (SSSR count). The highest BCUT2D eigenvalue weighted by Gasteiger charge is 2.45. The lowest BCUT2D eigenvalue weighted by Gasteiger charge is -2.38. The maximum Gasteiger partial charge on any atom is 0.338 e. The SMILES string of the molecule is CCCO[C@@H]1OC[C@@H](OC(=O)c2ccccc2)[C@H](O)[C@H]1OS(=O)(=O)c1ccc(C)cc1. The number of benzene rings is 2. The van der Waals surface area contributed by atoms with Gasteiger partial charge in [0.1, 0.15) is 6.10 Å². The molecule has 31 heavy (non-hydrogen) atoms. The molecule has 1 aliphatic heterocycles. The molecule has 0 amide bonds. The van der Waals surface area contributed by atoms with Crippen molar-refractivity contribution in [2.24, 2.45) is 0 Å². The van der Waals surface area contributed by atoms with Gasteiger partial charge in [0.05, 0.1) is 17.1 Å². The van der Waals surface area contributed by atoms with Crippen LogP contribution in [0.2, 0.25) is 0 Å². The van der Waals surface area contributed by atoms with Crippen LogP contribution in [0.25, 0.3) is 0 Å². The number of carbonyl (C=O) groups is 1. The predicted molar refractivity (Wildman–Crippen MR) is 111 cm³/mol. The van der Waals surface area contributed by atoms with Gasteiger partial charge in [-0.05, 0) is 37.6 Å². The molecule has 0 unspecified atom stereocenters. The summed E-state index contributed by atoms with van der Waals surface area (Å²) in [7, 11) is -4.23. The normalized spacial score (nSPS) is 24.0. The number of aryl methyl sites for hydroxylation is 1. The van der Waals surface area contributed by atoms with Gasteiger partial charge >= 0.3 is 5.97 Å². The Kier molecular flexibility index (Phi) is 7.79. The van der Waals surface area contributed by atoms with Crippen LogP contribution in [-0.2, 0) is 28.5 Å². The molecule has 0 radical (unpaired) electrons. The molecule has 8 nitrogen and oxygen atoms in total. The predicted octanol–water partition coefficient (Wildman–Crippen LogP) is 2.44. The van der Waals surface area contributed by atoms with Gasteiger partial charge in [-0.2, -0.15) is 8.42 Å². The topological polar surface area (TPSA) is 108 Å². The number of rotatable bonds is 8. The van der Waals surface area contributed by atoms with E-state index in [2.05, 4.69) is 0 Å². The van der Waals surface area contributed by atoms with Crippen LogP contribution < -0.4 is 0 Å². The zero-order valence-corrected chi connectivity index (χ0v) is 18.2. The molecule has 0 spiro atoms. The van der Waals surface area contributed by atoms with Crippen LogP contribution in [0.4, 0.5) is 0 Å². The number of aliphatic hydroxyl groups excluding tert-OH is 1. The Bertz CT molecular complexity index is 959. The standard InChI is InChI=1S/C22H26O8S/c1-3-13-27-22-20(30-31(25,26)17-11-9-15(2)10-12-17)19(23)18(14-28-22)29-21(24)16-7-5-4-6-8-16/h4-12,18-20,22-23H,3,13-14H2,1-2H3/t18-,19+,20-,22-/m1/s1. The minimum absolute atomic E-state index is 0.0667. The summed E-state index contributed by atoms with van der Waals surface area (Å²) in [6.07, 6.45) is -4.52. The molecule has 1 N–H and O–H groups in total. The second-order valence-corrected chi connectivity index (χ2v) is 8.77. The number of aliphatic hydroxyl groups is 1. The fourth-order valence-electron chi connectivity index (χ4n) is 3.03. The molecule has 4 atom stereocenters. The lowest BCUT2D eigenvalue weighted by molar-refractivity contribution is -0.262. The summed E-state index contributed by atoms with van der Waals surface area (Å²) in [5.74, 6) is -0.665. The monoisotopic (exact) mass is 450 g/mol. The van der Waals surface area contributed by atoms with Gasteiger partial charge in [-0.15, -0.1) is 0 Å². The van der Waals surface area contributed by atoms with E-state index in [9.17, 15) is 18.3 Å². The van der Waals surface area contributed by atoms with E-state index in [0.717, 1.165) is 5.56 Å². The quantitative estimate of drug-likeness (QED) is 0.483.